The molecule has 0 spiro atoms. The van der Waals surface area contributed by atoms with Crippen molar-refractivity contribution in [2.75, 3.05) is 19.8 Å². The molecule has 0 saturated carbocycles. The first-order chi connectivity index (χ1) is 33.1. The fourth-order valence-corrected chi connectivity index (χ4v) is 7.84. The molecule has 2 fully saturated rings. The van der Waals surface area contributed by atoms with Crippen molar-refractivity contribution in [2.24, 2.45) is 0 Å². The van der Waals surface area contributed by atoms with Gasteiger partial charge in [-0.3, -0.25) is 4.79 Å². The second-order valence-electron chi connectivity index (χ2n) is 17.9. The highest BCUT2D eigenvalue weighted by Crippen LogP contribution is 2.30. The van der Waals surface area contributed by atoms with Gasteiger partial charge in [-0.25, -0.2) is 0 Å². The highest BCUT2D eigenvalue weighted by atomic mass is 16.7. The van der Waals surface area contributed by atoms with Crippen LogP contribution in [0.25, 0.3) is 0 Å². The van der Waals surface area contributed by atoms with Crippen molar-refractivity contribution in [2.45, 2.75) is 229 Å². The van der Waals surface area contributed by atoms with Crippen LogP contribution in [-0.4, -0.2) is 140 Å². The smallest absolute Gasteiger partial charge is 0.220 e. The summed E-state index contributed by atoms with van der Waals surface area (Å²) in [6.45, 7) is 2.59. The molecule has 0 aromatic heterocycles. The first-order valence-electron chi connectivity index (χ1n) is 25.8. The molecule has 2 saturated heterocycles. The predicted molar refractivity (Wildman–Crippen MR) is 267 cm³/mol. The number of hydrogen-bond donors (Lipinski definition) is 9. The molecule has 2 aliphatic heterocycles. The van der Waals surface area contributed by atoms with Gasteiger partial charge in [-0.1, -0.05) is 150 Å². The highest BCUT2D eigenvalue weighted by Gasteiger charge is 2.51. The molecule has 0 aromatic rings. The Bertz CT molecular complexity index is 1460. The maximum absolute atomic E-state index is 13.2. The molecule has 0 bridgehead atoms. The van der Waals surface area contributed by atoms with Gasteiger partial charge in [0.1, 0.15) is 48.8 Å². The number of unbranched alkanes of at least 4 members (excludes halogenated alkanes) is 13. The Morgan fingerprint density at radius 3 is 1.62 bits per heavy atom. The lowest BCUT2D eigenvalue weighted by Gasteiger charge is -2.46. The van der Waals surface area contributed by atoms with Crippen molar-refractivity contribution < 1.29 is 64.6 Å². The Kier molecular flexibility index (Phi) is 35.9. The van der Waals surface area contributed by atoms with E-state index in [-0.39, 0.29) is 18.9 Å². The zero-order valence-electron chi connectivity index (χ0n) is 41.3. The van der Waals surface area contributed by atoms with E-state index in [1.807, 2.05) is 6.08 Å². The molecule has 0 aromatic carbocycles. The minimum absolute atomic E-state index is 0.213. The maximum Gasteiger partial charge on any atom is 0.220 e. The Hall–Kier alpha value is -2.83. The molecule has 2 heterocycles. The van der Waals surface area contributed by atoms with Crippen LogP contribution in [0.15, 0.2) is 85.1 Å². The molecule has 2 aliphatic rings. The third kappa shape index (κ3) is 26.4. The van der Waals surface area contributed by atoms with E-state index in [0.29, 0.717) is 12.8 Å². The zero-order chi connectivity index (χ0) is 49.6. The molecule has 1 amide bonds. The molecule has 14 nitrogen and oxygen atoms in total. The van der Waals surface area contributed by atoms with Gasteiger partial charge in [0, 0.05) is 6.42 Å². The zero-order valence-corrected chi connectivity index (χ0v) is 41.3. The Morgan fingerprint density at radius 1 is 0.544 bits per heavy atom. The number of amides is 1. The summed E-state index contributed by atoms with van der Waals surface area (Å²) < 4.78 is 22.6. The van der Waals surface area contributed by atoms with Crippen LogP contribution in [0.2, 0.25) is 0 Å². The standard InChI is InChI=1S/C54H91NO13/c1-3-5-7-9-11-13-15-17-19-20-21-22-24-25-27-29-31-33-35-37-43(58)42(55-46(59)38-36-34-32-30-28-26-23-18-16-14-12-10-8-6-4-2)41-65-53-51(64)49(62)52(45(40-57)67-53)68-54-50(63)48(61)47(60)44(39-56)66-54/h6,8,12,14,18,21-23,27-30,35,37,42-45,47-54,56-58,60-64H,3-5,7,9-11,13,15-17,19-20,24-26,31-34,36,38-41H2,1-2H3,(H,55,59)/b8-6-,14-12-,22-21+,23-18-,29-27+,30-28-,37-35+. The van der Waals surface area contributed by atoms with Crippen molar-refractivity contribution >= 4 is 5.91 Å². The van der Waals surface area contributed by atoms with Gasteiger partial charge in [-0.15, -0.1) is 0 Å². The van der Waals surface area contributed by atoms with Gasteiger partial charge >= 0.3 is 0 Å². The Balaban J connectivity index is 1.89. The van der Waals surface area contributed by atoms with Crippen LogP contribution in [0.4, 0.5) is 0 Å². The average molecular weight is 962 g/mol. The van der Waals surface area contributed by atoms with Crippen molar-refractivity contribution in [1.29, 1.82) is 0 Å². The normalized spacial score (nSPS) is 27.1. The van der Waals surface area contributed by atoms with E-state index in [9.17, 15) is 45.6 Å². The van der Waals surface area contributed by atoms with Gasteiger partial charge in [-0.2, -0.15) is 0 Å². The third-order valence-electron chi connectivity index (χ3n) is 12.0. The second-order valence-corrected chi connectivity index (χ2v) is 17.9. The lowest BCUT2D eigenvalue weighted by Crippen LogP contribution is -2.65. The van der Waals surface area contributed by atoms with Gasteiger partial charge in [-0.05, 0) is 83.5 Å². The SMILES string of the molecule is CC/C=C\C/C=C\C/C=C\C/C=C\CCCCC(=O)NC(COC1OC(CO)C(OC2OC(CO)C(O)C(O)C2O)C(O)C1O)C(O)/C=C/CC/C=C/CC/C=C/CCCCCCCCCCC. The van der Waals surface area contributed by atoms with Crippen LogP contribution in [0.5, 0.6) is 0 Å². The number of carbonyl (C=O) groups excluding carboxylic acids is 1. The second kappa shape index (κ2) is 39.8. The number of aliphatic hydroxyl groups is 8. The fourth-order valence-electron chi connectivity index (χ4n) is 7.84. The fraction of sp³-hybridized carbons (Fsp3) is 0.722. The van der Waals surface area contributed by atoms with Crippen LogP contribution in [0.3, 0.4) is 0 Å². The van der Waals surface area contributed by atoms with E-state index in [1.54, 1.807) is 6.08 Å². The van der Waals surface area contributed by atoms with Crippen molar-refractivity contribution in [1.82, 2.24) is 5.32 Å². The monoisotopic (exact) mass is 962 g/mol. The summed E-state index contributed by atoms with van der Waals surface area (Å²) in [5.74, 6) is -0.298. The van der Waals surface area contributed by atoms with Crippen LogP contribution in [-0.2, 0) is 23.7 Å². The summed E-state index contributed by atoms with van der Waals surface area (Å²) in [5.41, 5.74) is 0. The third-order valence-corrected chi connectivity index (χ3v) is 12.0. The Morgan fingerprint density at radius 2 is 1.03 bits per heavy atom. The summed E-state index contributed by atoms with van der Waals surface area (Å²) >= 11 is 0. The van der Waals surface area contributed by atoms with Gasteiger partial charge in [0.05, 0.1) is 32.0 Å². The van der Waals surface area contributed by atoms with E-state index in [2.05, 4.69) is 92.1 Å². The molecule has 12 atom stereocenters. The maximum atomic E-state index is 13.2. The number of hydrogen-bond acceptors (Lipinski definition) is 13. The highest BCUT2D eigenvalue weighted by molar-refractivity contribution is 5.76. The largest absolute Gasteiger partial charge is 0.394 e. The molecule has 12 unspecified atom stereocenters. The minimum atomic E-state index is -1.80. The van der Waals surface area contributed by atoms with Gasteiger partial charge in [0.25, 0.3) is 0 Å². The molecule has 390 valence electrons. The summed E-state index contributed by atoms with van der Waals surface area (Å²) in [6, 6.07) is -0.963. The first kappa shape index (κ1) is 61.3. The average Bonchev–Trinajstić information content (AvgIpc) is 3.34. The van der Waals surface area contributed by atoms with Crippen molar-refractivity contribution in [3.05, 3.63) is 85.1 Å². The summed E-state index contributed by atoms with van der Waals surface area (Å²) in [4.78, 5) is 13.2. The topological polar surface area (TPSA) is 228 Å². The quantitative estimate of drug-likeness (QED) is 0.0225. The lowest BCUT2D eigenvalue weighted by atomic mass is 9.97. The number of ether oxygens (including phenoxy) is 4. The molecule has 68 heavy (non-hydrogen) atoms. The molecule has 0 radical (unpaired) electrons. The molecule has 9 N–H and O–H groups in total. The summed E-state index contributed by atoms with van der Waals surface area (Å²) in [6.07, 6.45) is 34.8. The van der Waals surface area contributed by atoms with Crippen LogP contribution >= 0.6 is 0 Å². The number of aliphatic hydroxyl groups excluding tert-OH is 8. The first-order valence-corrected chi connectivity index (χ1v) is 25.8. The molecular formula is C54H91NO13. The van der Waals surface area contributed by atoms with Crippen molar-refractivity contribution in [3.63, 3.8) is 0 Å². The summed E-state index contributed by atoms with van der Waals surface area (Å²) in [5, 5.41) is 86.7. The molecular weight excluding hydrogens is 871 g/mol. The Labute approximate surface area is 408 Å². The van der Waals surface area contributed by atoms with E-state index >= 15 is 0 Å². The number of carbonyl (C=O) groups is 1. The van der Waals surface area contributed by atoms with Gasteiger partial charge in [0.2, 0.25) is 5.91 Å². The van der Waals surface area contributed by atoms with Gasteiger partial charge < -0.3 is 65.1 Å². The lowest BCUT2D eigenvalue weighted by molar-refractivity contribution is -0.359. The number of nitrogens with one attached hydrogen (secondary N) is 1. The van der Waals surface area contributed by atoms with Crippen LogP contribution in [0.1, 0.15) is 155 Å². The number of rotatable bonds is 38. The van der Waals surface area contributed by atoms with E-state index in [1.165, 1.54) is 57.8 Å². The number of allylic oxidation sites excluding steroid dienone is 13. The molecule has 2 rings (SSSR count). The van der Waals surface area contributed by atoms with E-state index in [4.69, 9.17) is 18.9 Å². The van der Waals surface area contributed by atoms with Crippen LogP contribution < -0.4 is 5.32 Å². The van der Waals surface area contributed by atoms with E-state index < -0.39 is 86.8 Å². The predicted octanol–water partition coefficient (Wildman–Crippen LogP) is 6.99. The van der Waals surface area contributed by atoms with Crippen molar-refractivity contribution in [3.8, 4) is 0 Å². The molecule has 0 aliphatic carbocycles. The molecule has 14 heteroatoms. The minimum Gasteiger partial charge on any atom is -0.394 e. The van der Waals surface area contributed by atoms with Gasteiger partial charge in [0.15, 0.2) is 12.6 Å². The van der Waals surface area contributed by atoms with Crippen LogP contribution in [0, 0.1) is 0 Å². The van der Waals surface area contributed by atoms with E-state index in [0.717, 1.165) is 64.2 Å². The summed E-state index contributed by atoms with van der Waals surface area (Å²) in [7, 11) is 0.